The lowest BCUT2D eigenvalue weighted by molar-refractivity contribution is 0.318. The van der Waals surface area contributed by atoms with Gasteiger partial charge in [-0.05, 0) is 38.1 Å². The molecule has 0 bridgehead atoms. The average molecular weight is 244 g/mol. The molecule has 0 atom stereocenters. The highest BCUT2D eigenvalue weighted by atomic mass is 16.5. The van der Waals surface area contributed by atoms with Gasteiger partial charge in [-0.25, -0.2) is 4.98 Å². The predicted octanol–water partition coefficient (Wildman–Crippen LogP) is 1.69. The van der Waals surface area contributed by atoms with Gasteiger partial charge >= 0.3 is 0 Å². The van der Waals surface area contributed by atoms with Crippen LogP contribution in [0.5, 0.6) is 5.75 Å². The molecule has 0 radical (unpaired) electrons. The highest BCUT2D eigenvalue weighted by Crippen LogP contribution is 2.13. The Morgan fingerprint density at radius 1 is 1.06 bits per heavy atom. The fourth-order valence-corrected chi connectivity index (χ4v) is 1.43. The third kappa shape index (κ3) is 3.16. The van der Waals surface area contributed by atoms with Crippen LogP contribution in [-0.4, -0.2) is 21.8 Å². The zero-order valence-electron chi connectivity index (χ0n) is 10.6. The molecule has 0 unspecified atom stereocenters. The van der Waals surface area contributed by atoms with Gasteiger partial charge in [-0.3, -0.25) is 0 Å². The summed E-state index contributed by atoms with van der Waals surface area (Å²) in [5.41, 5.74) is 8.09. The number of hydrogen-bond acceptors (Lipinski definition) is 5. The maximum Gasteiger partial charge on any atom is 0.154 e. The van der Waals surface area contributed by atoms with Crippen LogP contribution in [0.2, 0.25) is 0 Å². The first-order valence-corrected chi connectivity index (χ1v) is 5.80. The zero-order chi connectivity index (χ0) is 13.0. The van der Waals surface area contributed by atoms with Crippen molar-refractivity contribution in [3.05, 3.63) is 41.5 Å². The highest BCUT2D eigenvalue weighted by Gasteiger charge is 2.02. The molecule has 1 aromatic carbocycles. The number of nitrogen functional groups attached to an aromatic ring is 1. The van der Waals surface area contributed by atoms with Crippen LogP contribution in [0.25, 0.3) is 0 Å². The quantitative estimate of drug-likeness (QED) is 0.828. The van der Waals surface area contributed by atoms with Crippen LogP contribution in [0.3, 0.4) is 0 Å². The molecular formula is C13H16N4O. The highest BCUT2D eigenvalue weighted by molar-refractivity contribution is 5.41. The second-order valence-corrected chi connectivity index (χ2v) is 4.07. The molecule has 0 spiro atoms. The third-order valence-corrected chi connectivity index (χ3v) is 2.61. The smallest absolute Gasteiger partial charge is 0.154 e. The van der Waals surface area contributed by atoms with E-state index < -0.39 is 0 Å². The van der Waals surface area contributed by atoms with Crippen molar-refractivity contribution in [3.8, 4) is 5.75 Å². The van der Waals surface area contributed by atoms with E-state index in [1.807, 2.05) is 38.1 Å². The van der Waals surface area contributed by atoms with Crippen LogP contribution in [0.4, 0.5) is 5.69 Å². The molecule has 2 aromatic rings. The Kier molecular flexibility index (Phi) is 3.72. The Morgan fingerprint density at radius 3 is 2.44 bits per heavy atom. The van der Waals surface area contributed by atoms with Crippen molar-refractivity contribution in [1.82, 2.24) is 15.2 Å². The molecule has 18 heavy (non-hydrogen) atoms. The minimum Gasteiger partial charge on any atom is -0.493 e. The Labute approximate surface area is 106 Å². The number of ether oxygens (including phenoxy) is 1. The van der Waals surface area contributed by atoms with Gasteiger partial charge < -0.3 is 10.5 Å². The number of benzene rings is 1. The largest absolute Gasteiger partial charge is 0.493 e. The van der Waals surface area contributed by atoms with Crippen molar-refractivity contribution in [2.45, 2.75) is 20.3 Å². The topological polar surface area (TPSA) is 73.9 Å². The molecule has 0 saturated carbocycles. The van der Waals surface area contributed by atoms with Crippen LogP contribution in [0.15, 0.2) is 24.3 Å². The van der Waals surface area contributed by atoms with Gasteiger partial charge in [0, 0.05) is 12.1 Å². The zero-order valence-corrected chi connectivity index (χ0v) is 10.6. The molecule has 0 amide bonds. The van der Waals surface area contributed by atoms with E-state index in [9.17, 15) is 0 Å². The Balaban J connectivity index is 1.88. The second-order valence-electron chi connectivity index (χ2n) is 4.07. The first-order valence-electron chi connectivity index (χ1n) is 5.80. The molecule has 5 nitrogen and oxygen atoms in total. The van der Waals surface area contributed by atoms with E-state index >= 15 is 0 Å². The van der Waals surface area contributed by atoms with Gasteiger partial charge in [-0.2, -0.15) is 5.10 Å². The van der Waals surface area contributed by atoms with Gasteiger partial charge in [0.25, 0.3) is 0 Å². The van der Waals surface area contributed by atoms with Crippen LogP contribution < -0.4 is 10.5 Å². The van der Waals surface area contributed by atoms with Gasteiger partial charge in [-0.1, -0.05) is 0 Å². The molecule has 2 rings (SSSR count). The average Bonchev–Trinajstić information content (AvgIpc) is 2.36. The van der Waals surface area contributed by atoms with E-state index in [2.05, 4.69) is 15.2 Å². The Hall–Kier alpha value is -2.17. The van der Waals surface area contributed by atoms with Crippen molar-refractivity contribution in [2.75, 3.05) is 12.3 Å². The predicted molar refractivity (Wildman–Crippen MR) is 69.4 cm³/mol. The lowest BCUT2D eigenvalue weighted by atomic mass is 10.3. The monoisotopic (exact) mass is 244 g/mol. The van der Waals surface area contributed by atoms with E-state index in [1.165, 1.54) is 0 Å². The van der Waals surface area contributed by atoms with Crippen LogP contribution >= 0.6 is 0 Å². The molecule has 94 valence electrons. The number of hydrogen-bond donors (Lipinski definition) is 1. The van der Waals surface area contributed by atoms with Gasteiger partial charge in [0.15, 0.2) is 5.82 Å². The molecule has 2 N–H and O–H groups in total. The Morgan fingerprint density at radius 2 is 1.78 bits per heavy atom. The number of aryl methyl sites for hydroxylation is 2. The molecule has 1 aromatic heterocycles. The third-order valence-electron chi connectivity index (χ3n) is 2.61. The van der Waals surface area contributed by atoms with Crippen LogP contribution in [-0.2, 0) is 6.42 Å². The molecule has 0 fully saturated rings. The van der Waals surface area contributed by atoms with Gasteiger partial charge in [0.05, 0.1) is 18.0 Å². The molecule has 0 aliphatic rings. The summed E-state index contributed by atoms with van der Waals surface area (Å²) in [6.07, 6.45) is 0.637. The van der Waals surface area contributed by atoms with E-state index in [1.54, 1.807) is 0 Å². The summed E-state index contributed by atoms with van der Waals surface area (Å²) in [4.78, 5) is 4.34. The molecule has 1 heterocycles. The summed E-state index contributed by atoms with van der Waals surface area (Å²) in [6.45, 7) is 4.34. The van der Waals surface area contributed by atoms with Crippen molar-refractivity contribution in [2.24, 2.45) is 0 Å². The van der Waals surface area contributed by atoms with Crippen molar-refractivity contribution in [3.63, 3.8) is 0 Å². The standard InChI is InChI=1S/C13H16N4O/c1-9-10(2)16-17-13(15-9)7-8-18-12-5-3-11(14)4-6-12/h3-6H,7-8,14H2,1-2H3. The SMILES string of the molecule is Cc1nnc(CCOc2ccc(N)cc2)nc1C. The first kappa shape index (κ1) is 12.3. The number of nitrogens with two attached hydrogens (primary N) is 1. The van der Waals surface area contributed by atoms with Crippen molar-refractivity contribution >= 4 is 5.69 Å². The molecule has 0 aliphatic heterocycles. The summed E-state index contributed by atoms with van der Waals surface area (Å²) >= 11 is 0. The van der Waals surface area contributed by atoms with Crippen LogP contribution in [0, 0.1) is 13.8 Å². The van der Waals surface area contributed by atoms with E-state index in [0.717, 1.165) is 22.8 Å². The maximum atomic E-state index is 5.59. The summed E-state index contributed by atoms with van der Waals surface area (Å²) in [6, 6.07) is 7.30. The molecule has 5 heteroatoms. The van der Waals surface area contributed by atoms with E-state index in [0.29, 0.717) is 18.9 Å². The summed E-state index contributed by atoms with van der Waals surface area (Å²) in [5, 5.41) is 8.05. The Bertz CT molecular complexity index is 525. The van der Waals surface area contributed by atoms with E-state index in [-0.39, 0.29) is 0 Å². The van der Waals surface area contributed by atoms with E-state index in [4.69, 9.17) is 10.5 Å². The fraction of sp³-hybridized carbons (Fsp3) is 0.308. The molecule has 0 saturated heterocycles. The minimum atomic E-state index is 0.522. The van der Waals surface area contributed by atoms with Gasteiger partial charge in [-0.15, -0.1) is 5.10 Å². The van der Waals surface area contributed by atoms with Crippen molar-refractivity contribution in [1.29, 1.82) is 0 Å². The first-order chi connectivity index (χ1) is 8.65. The number of aromatic nitrogens is 3. The molecule has 0 aliphatic carbocycles. The number of nitrogens with zero attached hydrogens (tertiary/aromatic N) is 3. The summed E-state index contributed by atoms with van der Waals surface area (Å²) in [7, 11) is 0. The summed E-state index contributed by atoms with van der Waals surface area (Å²) in [5.74, 6) is 1.49. The van der Waals surface area contributed by atoms with Crippen molar-refractivity contribution < 1.29 is 4.74 Å². The van der Waals surface area contributed by atoms with Crippen LogP contribution in [0.1, 0.15) is 17.2 Å². The van der Waals surface area contributed by atoms with Gasteiger partial charge in [0.1, 0.15) is 5.75 Å². The minimum absolute atomic E-state index is 0.522. The lowest BCUT2D eigenvalue weighted by Gasteiger charge is -2.06. The number of anilines is 1. The number of rotatable bonds is 4. The lowest BCUT2D eigenvalue weighted by Crippen LogP contribution is -2.08. The van der Waals surface area contributed by atoms with Gasteiger partial charge in [0.2, 0.25) is 0 Å². The maximum absolute atomic E-state index is 5.59. The fourth-order valence-electron chi connectivity index (χ4n) is 1.43. The second kappa shape index (κ2) is 5.44. The normalized spacial score (nSPS) is 10.3. The summed E-state index contributed by atoms with van der Waals surface area (Å²) < 4.78 is 5.57. The molecular weight excluding hydrogens is 228 g/mol.